The Bertz CT molecular complexity index is 536. The van der Waals surface area contributed by atoms with Crippen LogP contribution >= 0.6 is 0 Å². The Balaban J connectivity index is 2.13. The molecule has 2 rings (SSSR count). The summed E-state index contributed by atoms with van der Waals surface area (Å²) in [4.78, 5) is 10.8. The fourth-order valence-corrected chi connectivity index (χ4v) is 1.90. The van der Waals surface area contributed by atoms with Gasteiger partial charge in [-0.1, -0.05) is 0 Å². The summed E-state index contributed by atoms with van der Waals surface area (Å²) < 4.78 is 2.01. The Morgan fingerprint density at radius 3 is 2.63 bits per heavy atom. The average Bonchev–Trinajstić information content (AvgIpc) is 2.76. The van der Waals surface area contributed by atoms with Crippen LogP contribution in [0.15, 0.2) is 30.7 Å². The zero-order valence-electron chi connectivity index (χ0n) is 11.6. The van der Waals surface area contributed by atoms with E-state index in [2.05, 4.69) is 28.7 Å². The minimum absolute atomic E-state index is 0.244. The van der Waals surface area contributed by atoms with Crippen molar-refractivity contribution in [3.05, 3.63) is 42.2 Å². The maximum Gasteiger partial charge on any atom is 0.138 e. The summed E-state index contributed by atoms with van der Waals surface area (Å²) in [5.74, 6) is 1.25. The Kier molecular flexibility index (Phi) is 4.16. The van der Waals surface area contributed by atoms with E-state index in [1.54, 1.807) is 24.5 Å². The second kappa shape index (κ2) is 5.84. The van der Waals surface area contributed by atoms with E-state index in [0.717, 1.165) is 12.4 Å². The molecular formula is C14H20N4O. The molecule has 0 saturated carbocycles. The molecular weight excluding hydrogens is 240 g/mol. The summed E-state index contributed by atoms with van der Waals surface area (Å²) in [6, 6.07) is 3.75. The predicted molar refractivity (Wildman–Crippen MR) is 73.5 cm³/mol. The number of pyridine rings is 1. The van der Waals surface area contributed by atoms with Crippen LogP contribution in [0.1, 0.15) is 25.4 Å². The summed E-state index contributed by atoms with van der Waals surface area (Å²) in [5.41, 5.74) is 0.699. The molecule has 0 amide bonds. The van der Waals surface area contributed by atoms with Crippen molar-refractivity contribution < 1.29 is 5.11 Å². The predicted octanol–water partition coefficient (Wildman–Crippen LogP) is 1.93. The highest BCUT2D eigenvalue weighted by Crippen LogP contribution is 2.17. The monoisotopic (exact) mass is 260 g/mol. The molecule has 0 aliphatic rings. The molecule has 2 aromatic rings. The third-order valence-corrected chi connectivity index (χ3v) is 3.21. The molecule has 5 heteroatoms. The molecule has 102 valence electrons. The largest absolute Gasteiger partial charge is 0.506 e. The van der Waals surface area contributed by atoms with Crippen molar-refractivity contribution in [2.45, 2.75) is 33.0 Å². The lowest BCUT2D eigenvalue weighted by molar-refractivity contribution is 0.192. The molecule has 2 heterocycles. The summed E-state index contributed by atoms with van der Waals surface area (Å²) >= 11 is 0. The molecule has 0 aromatic carbocycles. The number of aromatic nitrogens is 3. The Morgan fingerprint density at radius 2 is 2.05 bits per heavy atom. The summed E-state index contributed by atoms with van der Waals surface area (Å²) in [7, 11) is 1.99. The summed E-state index contributed by atoms with van der Waals surface area (Å²) in [6.07, 6.45) is 5.44. The topological polar surface area (TPSA) is 54.2 Å². The number of hydrogen-bond acceptors (Lipinski definition) is 4. The number of imidazole rings is 1. The molecule has 0 atom stereocenters. The average molecular weight is 260 g/mol. The zero-order chi connectivity index (χ0) is 13.8. The van der Waals surface area contributed by atoms with Crippen LogP contribution in [-0.2, 0) is 20.1 Å². The second-order valence-electron chi connectivity index (χ2n) is 4.92. The molecule has 0 unspecified atom stereocenters. The molecule has 0 aliphatic heterocycles. The number of aromatic hydroxyl groups is 1. The van der Waals surface area contributed by atoms with Crippen LogP contribution in [0, 0.1) is 0 Å². The fraction of sp³-hybridized carbons (Fsp3) is 0.429. The molecule has 0 saturated heterocycles. The zero-order valence-corrected chi connectivity index (χ0v) is 11.6. The Hall–Kier alpha value is -1.88. The quantitative estimate of drug-likeness (QED) is 0.892. The number of aryl methyl sites for hydroxylation is 1. The van der Waals surface area contributed by atoms with E-state index in [9.17, 15) is 5.11 Å². The van der Waals surface area contributed by atoms with E-state index < -0.39 is 0 Å². The lowest BCUT2D eigenvalue weighted by Crippen LogP contribution is -2.31. The highest BCUT2D eigenvalue weighted by molar-refractivity contribution is 5.24. The molecule has 0 aliphatic carbocycles. The molecule has 0 bridgehead atoms. The lowest BCUT2D eigenvalue weighted by Gasteiger charge is -2.25. The molecule has 0 spiro atoms. The third kappa shape index (κ3) is 3.32. The van der Waals surface area contributed by atoms with Gasteiger partial charge in [0, 0.05) is 38.2 Å². The first kappa shape index (κ1) is 13.5. The van der Waals surface area contributed by atoms with Gasteiger partial charge in [0.2, 0.25) is 0 Å². The van der Waals surface area contributed by atoms with E-state index >= 15 is 0 Å². The van der Waals surface area contributed by atoms with Gasteiger partial charge in [-0.15, -0.1) is 0 Å². The van der Waals surface area contributed by atoms with Crippen LogP contribution in [0.2, 0.25) is 0 Å². The summed E-state index contributed by atoms with van der Waals surface area (Å²) in [6.45, 7) is 5.60. The van der Waals surface area contributed by atoms with Gasteiger partial charge < -0.3 is 9.67 Å². The highest BCUT2D eigenvalue weighted by atomic mass is 16.3. The van der Waals surface area contributed by atoms with Crippen LogP contribution < -0.4 is 0 Å². The number of rotatable bonds is 5. The first-order valence-electron chi connectivity index (χ1n) is 6.41. The fourth-order valence-electron chi connectivity index (χ4n) is 1.90. The smallest absolute Gasteiger partial charge is 0.138 e. The van der Waals surface area contributed by atoms with Crippen LogP contribution in [0.5, 0.6) is 5.75 Å². The minimum Gasteiger partial charge on any atom is -0.506 e. The van der Waals surface area contributed by atoms with Crippen molar-refractivity contribution in [1.29, 1.82) is 0 Å². The molecule has 0 radical (unpaired) electrons. The molecule has 1 N–H and O–H groups in total. The van der Waals surface area contributed by atoms with E-state index in [4.69, 9.17) is 0 Å². The van der Waals surface area contributed by atoms with Gasteiger partial charge in [0.15, 0.2) is 0 Å². The maximum absolute atomic E-state index is 9.81. The van der Waals surface area contributed by atoms with E-state index in [1.165, 1.54) is 0 Å². The second-order valence-corrected chi connectivity index (χ2v) is 4.92. The van der Waals surface area contributed by atoms with Gasteiger partial charge in [0.05, 0.1) is 12.2 Å². The van der Waals surface area contributed by atoms with Crippen LogP contribution in [0.4, 0.5) is 0 Å². The van der Waals surface area contributed by atoms with Crippen LogP contribution in [0.3, 0.4) is 0 Å². The Morgan fingerprint density at radius 1 is 1.26 bits per heavy atom. The summed E-state index contributed by atoms with van der Waals surface area (Å²) in [5, 5.41) is 9.81. The highest BCUT2D eigenvalue weighted by Gasteiger charge is 2.15. The Labute approximate surface area is 113 Å². The van der Waals surface area contributed by atoms with Gasteiger partial charge >= 0.3 is 0 Å². The molecule has 19 heavy (non-hydrogen) atoms. The minimum atomic E-state index is 0.244. The number of hydrogen-bond donors (Lipinski definition) is 1. The van der Waals surface area contributed by atoms with E-state index in [0.29, 0.717) is 18.3 Å². The molecule has 5 nitrogen and oxygen atoms in total. The van der Waals surface area contributed by atoms with Crippen LogP contribution in [0.25, 0.3) is 0 Å². The van der Waals surface area contributed by atoms with Gasteiger partial charge in [0.25, 0.3) is 0 Å². The molecule has 0 fully saturated rings. The lowest BCUT2D eigenvalue weighted by atomic mass is 10.2. The van der Waals surface area contributed by atoms with E-state index in [1.807, 2.05) is 17.8 Å². The van der Waals surface area contributed by atoms with E-state index in [-0.39, 0.29) is 5.75 Å². The first-order chi connectivity index (χ1) is 9.08. The van der Waals surface area contributed by atoms with Gasteiger partial charge in [-0.05, 0) is 26.0 Å². The van der Waals surface area contributed by atoms with Gasteiger partial charge in [-0.2, -0.15) is 0 Å². The normalized spacial score (nSPS) is 11.4. The molecule has 2 aromatic heterocycles. The third-order valence-electron chi connectivity index (χ3n) is 3.21. The van der Waals surface area contributed by atoms with Crippen molar-refractivity contribution >= 4 is 0 Å². The maximum atomic E-state index is 9.81. The first-order valence-corrected chi connectivity index (χ1v) is 6.41. The SMILES string of the molecule is CC(C)N(Cc1ncccc1O)Cc1nccn1C. The van der Waals surface area contributed by atoms with Crippen molar-refractivity contribution in [2.75, 3.05) is 0 Å². The van der Waals surface area contributed by atoms with Gasteiger partial charge in [0.1, 0.15) is 11.6 Å². The van der Waals surface area contributed by atoms with Crippen molar-refractivity contribution in [3.8, 4) is 5.75 Å². The standard InChI is InChI=1S/C14H20N4O/c1-11(2)18(10-14-16-7-8-17(14)3)9-12-13(19)5-4-6-15-12/h4-8,11,19H,9-10H2,1-3H3. The van der Waals surface area contributed by atoms with Gasteiger partial charge in [-0.25, -0.2) is 4.98 Å². The van der Waals surface area contributed by atoms with Crippen molar-refractivity contribution in [2.24, 2.45) is 7.05 Å². The van der Waals surface area contributed by atoms with Crippen molar-refractivity contribution in [1.82, 2.24) is 19.4 Å². The van der Waals surface area contributed by atoms with Crippen LogP contribution in [-0.4, -0.2) is 30.6 Å². The van der Waals surface area contributed by atoms with Gasteiger partial charge in [-0.3, -0.25) is 9.88 Å². The number of nitrogens with zero attached hydrogens (tertiary/aromatic N) is 4. The van der Waals surface area contributed by atoms with Crippen molar-refractivity contribution in [3.63, 3.8) is 0 Å².